The number of nitrogens with zero attached hydrogens (tertiary/aromatic N) is 2. The van der Waals surface area contributed by atoms with E-state index in [9.17, 15) is 4.39 Å². The van der Waals surface area contributed by atoms with E-state index in [4.69, 9.17) is 9.47 Å². The van der Waals surface area contributed by atoms with Gasteiger partial charge in [-0.25, -0.2) is 4.39 Å². The number of thiophene rings is 1. The van der Waals surface area contributed by atoms with Crippen molar-refractivity contribution < 1.29 is 13.9 Å². The Kier molecular flexibility index (Phi) is 5.98. The van der Waals surface area contributed by atoms with Crippen molar-refractivity contribution in [2.75, 3.05) is 51.3 Å². The van der Waals surface area contributed by atoms with Crippen LogP contribution < -0.4 is 14.4 Å². The van der Waals surface area contributed by atoms with Crippen LogP contribution in [0.25, 0.3) is 10.1 Å². The Morgan fingerprint density at radius 3 is 2.61 bits per heavy atom. The van der Waals surface area contributed by atoms with Crippen molar-refractivity contribution >= 4 is 27.1 Å². The summed E-state index contributed by atoms with van der Waals surface area (Å²) in [4.78, 5) is 4.90. The monoisotopic (exact) mass is 400 g/mol. The van der Waals surface area contributed by atoms with Gasteiger partial charge < -0.3 is 14.4 Å². The van der Waals surface area contributed by atoms with Crippen LogP contribution in [0.15, 0.2) is 47.8 Å². The zero-order valence-corrected chi connectivity index (χ0v) is 16.9. The number of rotatable bonds is 7. The van der Waals surface area contributed by atoms with Crippen LogP contribution in [0, 0.1) is 5.82 Å². The second-order valence-corrected chi connectivity index (χ2v) is 7.85. The lowest BCUT2D eigenvalue weighted by atomic mass is 10.2. The molecule has 3 aromatic rings. The van der Waals surface area contributed by atoms with E-state index in [-0.39, 0.29) is 5.82 Å². The molecule has 0 amide bonds. The fourth-order valence-electron chi connectivity index (χ4n) is 3.65. The zero-order valence-electron chi connectivity index (χ0n) is 16.1. The van der Waals surface area contributed by atoms with Gasteiger partial charge in [-0.2, -0.15) is 0 Å². The second kappa shape index (κ2) is 8.80. The molecule has 1 aliphatic heterocycles. The third-order valence-corrected chi connectivity index (χ3v) is 6.11. The molecule has 0 N–H and O–H groups in total. The zero-order chi connectivity index (χ0) is 19.3. The van der Waals surface area contributed by atoms with E-state index in [1.165, 1.54) is 5.69 Å². The number of piperazine rings is 1. The molecule has 0 spiro atoms. The number of halogens is 1. The van der Waals surface area contributed by atoms with Gasteiger partial charge in [-0.05, 0) is 36.8 Å². The van der Waals surface area contributed by atoms with Gasteiger partial charge >= 0.3 is 0 Å². The Morgan fingerprint density at radius 1 is 1.04 bits per heavy atom. The molecule has 0 aliphatic carbocycles. The molecular weight excluding hydrogens is 375 g/mol. The molecule has 4 nitrogen and oxygen atoms in total. The van der Waals surface area contributed by atoms with Crippen LogP contribution in [-0.4, -0.2) is 51.3 Å². The van der Waals surface area contributed by atoms with Gasteiger partial charge in [0.25, 0.3) is 0 Å². The molecule has 4 rings (SSSR count). The van der Waals surface area contributed by atoms with Gasteiger partial charge in [0.05, 0.1) is 19.4 Å². The highest BCUT2D eigenvalue weighted by molar-refractivity contribution is 7.17. The second-order valence-electron chi connectivity index (χ2n) is 6.94. The van der Waals surface area contributed by atoms with Crippen LogP contribution in [0.2, 0.25) is 0 Å². The third kappa shape index (κ3) is 4.23. The maximum atomic E-state index is 13.4. The maximum Gasteiger partial charge on any atom is 0.161 e. The van der Waals surface area contributed by atoms with Gasteiger partial charge in [-0.15, -0.1) is 11.3 Å². The highest BCUT2D eigenvalue weighted by atomic mass is 32.1. The van der Waals surface area contributed by atoms with Crippen molar-refractivity contribution in [2.24, 2.45) is 0 Å². The van der Waals surface area contributed by atoms with Crippen LogP contribution in [-0.2, 0) is 0 Å². The van der Waals surface area contributed by atoms with Gasteiger partial charge in [0, 0.05) is 48.2 Å². The summed E-state index contributed by atoms with van der Waals surface area (Å²) in [7, 11) is 1.66. The van der Waals surface area contributed by atoms with E-state index in [0.29, 0.717) is 6.61 Å². The molecule has 1 saturated heterocycles. The molecule has 0 atom stereocenters. The van der Waals surface area contributed by atoms with Crippen LogP contribution in [0.4, 0.5) is 10.1 Å². The fourth-order valence-corrected chi connectivity index (χ4v) is 4.65. The van der Waals surface area contributed by atoms with Crippen molar-refractivity contribution in [2.45, 2.75) is 6.42 Å². The summed E-state index contributed by atoms with van der Waals surface area (Å²) < 4.78 is 25.6. The number of para-hydroxylation sites is 2. The van der Waals surface area contributed by atoms with Crippen LogP contribution in [0.1, 0.15) is 6.42 Å². The molecular formula is C22H25FN2O2S. The Bertz CT molecular complexity index is 922. The molecule has 6 heteroatoms. The summed E-state index contributed by atoms with van der Waals surface area (Å²) >= 11 is 1.62. The largest absolute Gasteiger partial charge is 0.493 e. The Balaban J connectivity index is 1.24. The van der Waals surface area contributed by atoms with Crippen molar-refractivity contribution in [1.29, 1.82) is 0 Å². The van der Waals surface area contributed by atoms with E-state index in [0.717, 1.165) is 60.7 Å². The van der Waals surface area contributed by atoms with Crippen molar-refractivity contribution in [3.05, 3.63) is 53.7 Å². The first-order valence-corrected chi connectivity index (χ1v) is 10.5. The molecule has 0 unspecified atom stereocenters. The minimum Gasteiger partial charge on any atom is -0.493 e. The fraction of sp³-hybridized carbons (Fsp3) is 0.364. The van der Waals surface area contributed by atoms with Crippen molar-refractivity contribution in [3.8, 4) is 11.5 Å². The topological polar surface area (TPSA) is 24.9 Å². The molecule has 0 radical (unpaired) electrons. The summed E-state index contributed by atoms with van der Waals surface area (Å²) in [5.74, 6) is 1.41. The first-order valence-electron chi connectivity index (χ1n) is 9.64. The normalized spacial score (nSPS) is 15.1. The lowest BCUT2D eigenvalue weighted by molar-refractivity contribution is 0.221. The van der Waals surface area contributed by atoms with Crippen LogP contribution in [0.5, 0.6) is 11.5 Å². The lowest BCUT2D eigenvalue weighted by Gasteiger charge is -2.35. The number of methoxy groups -OCH3 is 1. The molecule has 1 aromatic heterocycles. The average molecular weight is 401 g/mol. The Hall–Kier alpha value is -2.31. The van der Waals surface area contributed by atoms with E-state index < -0.39 is 0 Å². The Morgan fingerprint density at radius 2 is 1.82 bits per heavy atom. The summed E-state index contributed by atoms with van der Waals surface area (Å²) in [6.07, 6.45) is 0.985. The quantitative estimate of drug-likeness (QED) is 0.540. The molecule has 148 valence electrons. The molecule has 28 heavy (non-hydrogen) atoms. The molecule has 0 saturated carbocycles. The molecule has 1 fully saturated rings. The maximum absolute atomic E-state index is 13.4. The molecule has 2 aromatic carbocycles. The summed E-state index contributed by atoms with van der Waals surface area (Å²) in [6.45, 7) is 5.77. The average Bonchev–Trinajstić information content (AvgIpc) is 3.15. The van der Waals surface area contributed by atoms with Crippen LogP contribution in [0.3, 0.4) is 0 Å². The van der Waals surface area contributed by atoms with E-state index >= 15 is 0 Å². The summed E-state index contributed by atoms with van der Waals surface area (Å²) in [6, 6.07) is 12.8. The number of hydrogen-bond acceptors (Lipinski definition) is 5. The standard InChI is InChI=1S/C22H25FN2O2S/c1-26-20-5-2-3-6-21(20)27-14-4-9-24-10-12-25(13-11-24)19-16-28-22-15-17(23)7-8-18(19)22/h2-3,5-8,15-16H,4,9-14H2,1H3. The van der Waals surface area contributed by atoms with Gasteiger partial charge in [0.1, 0.15) is 5.82 Å². The highest BCUT2D eigenvalue weighted by Crippen LogP contribution is 2.34. The number of fused-ring (bicyclic) bond motifs is 1. The summed E-state index contributed by atoms with van der Waals surface area (Å²) in [5.41, 5.74) is 1.24. The summed E-state index contributed by atoms with van der Waals surface area (Å²) in [5, 5.41) is 3.31. The third-order valence-electron chi connectivity index (χ3n) is 5.18. The first-order chi connectivity index (χ1) is 13.7. The van der Waals surface area contributed by atoms with Gasteiger partial charge in [0.15, 0.2) is 11.5 Å². The predicted molar refractivity (Wildman–Crippen MR) is 114 cm³/mol. The van der Waals surface area contributed by atoms with Gasteiger partial charge in [0.2, 0.25) is 0 Å². The van der Waals surface area contributed by atoms with Crippen LogP contribution >= 0.6 is 11.3 Å². The first kappa shape index (κ1) is 19.0. The molecule has 2 heterocycles. The number of ether oxygens (including phenoxy) is 2. The van der Waals surface area contributed by atoms with Gasteiger partial charge in [-0.1, -0.05) is 12.1 Å². The van der Waals surface area contributed by atoms with Crippen molar-refractivity contribution in [1.82, 2.24) is 4.90 Å². The smallest absolute Gasteiger partial charge is 0.161 e. The van der Waals surface area contributed by atoms with E-state index in [1.54, 1.807) is 30.6 Å². The lowest BCUT2D eigenvalue weighted by Crippen LogP contribution is -2.46. The van der Waals surface area contributed by atoms with E-state index in [1.807, 2.05) is 30.3 Å². The predicted octanol–water partition coefficient (Wildman–Crippen LogP) is 4.64. The minimum atomic E-state index is -0.166. The minimum absolute atomic E-state index is 0.166. The number of benzene rings is 2. The van der Waals surface area contributed by atoms with Gasteiger partial charge in [-0.3, -0.25) is 4.90 Å². The van der Waals surface area contributed by atoms with E-state index in [2.05, 4.69) is 15.2 Å². The highest BCUT2D eigenvalue weighted by Gasteiger charge is 2.19. The SMILES string of the molecule is COc1ccccc1OCCCN1CCN(c2csc3cc(F)ccc23)CC1. The molecule has 0 bridgehead atoms. The number of anilines is 1. The number of hydrogen-bond donors (Lipinski definition) is 0. The van der Waals surface area contributed by atoms with Crippen molar-refractivity contribution in [3.63, 3.8) is 0 Å². The Labute approximate surface area is 169 Å². The molecule has 1 aliphatic rings.